The lowest BCUT2D eigenvalue weighted by molar-refractivity contribution is 0.588. The minimum Gasteiger partial charge on any atom is -0.264 e. The summed E-state index contributed by atoms with van der Waals surface area (Å²) >= 11 is 0. The summed E-state index contributed by atoms with van der Waals surface area (Å²) in [6.07, 6.45) is 6.13. The highest BCUT2D eigenvalue weighted by Crippen LogP contribution is 2.22. The lowest BCUT2D eigenvalue weighted by Crippen LogP contribution is -2.13. The first-order valence-corrected chi connectivity index (χ1v) is 7.79. The zero-order valence-electron chi connectivity index (χ0n) is 11.3. The van der Waals surface area contributed by atoms with E-state index in [0.717, 1.165) is 5.56 Å². The summed E-state index contributed by atoms with van der Waals surface area (Å²) in [5.41, 5.74) is 1.66. The Bertz CT molecular complexity index is 853. The number of aryl methyl sites for hydroxylation is 1. The van der Waals surface area contributed by atoms with E-state index in [4.69, 9.17) is 0 Å². The summed E-state index contributed by atoms with van der Waals surface area (Å²) in [4.78, 5) is 8.37. The Morgan fingerprint density at radius 3 is 2.48 bits per heavy atom. The number of imidazole rings is 1. The van der Waals surface area contributed by atoms with Crippen molar-refractivity contribution in [3.63, 3.8) is 0 Å². The summed E-state index contributed by atoms with van der Waals surface area (Å²) in [6, 6.07) is 10.2. The first-order chi connectivity index (χ1) is 10.1. The molecule has 5 nitrogen and oxygen atoms in total. The highest BCUT2D eigenvalue weighted by Gasteiger charge is 2.20. The van der Waals surface area contributed by atoms with Crippen LogP contribution in [-0.2, 0) is 10.0 Å². The van der Waals surface area contributed by atoms with Gasteiger partial charge in [0.25, 0.3) is 10.0 Å². The number of hydrogen-bond acceptors (Lipinski definition) is 4. The van der Waals surface area contributed by atoms with Crippen molar-refractivity contribution in [1.82, 2.24) is 13.9 Å². The minimum atomic E-state index is -3.66. The summed E-state index contributed by atoms with van der Waals surface area (Å²) in [5, 5.41) is 0. The molecule has 3 aromatic rings. The molecular formula is C15H13N3O2S. The summed E-state index contributed by atoms with van der Waals surface area (Å²) in [7, 11) is -3.66. The Morgan fingerprint density at radius 2 is 1.81 bits per heavy atom. The van der Waals surface area contributed by atoms with Crippen LogP contribution in [0.1, 0.15) is 5.56 Å². The summed E-state index contributed by atoms with van der Waals surface area (Å²) in [6.45, 7) is 1.91. The highest BCUT2D eigenvalue weighted by atomic mass is 32.2. The lowest BCUT2D eigenvalue weighted by atomic mass is 10.2. The third kappa shape index (κ3) is 2.45. The third-order valence-electron chi connectivity index (χ3n) is 3.11. The second kappa shape index (κ2) is 5.14. The molecule has 106 valence electrons. The van der Waals surface area contributed by atoms with E-state index in [-0.39, 0.29) is 4.90 Å². The normalized spacial score (nSPS) is 11.5. The third-order valence-corrected chi connectivity index (χ3v) is 4.79. The lowest BCUT2D eigenvalue weighted by Gasteiger charge is -2.09. The number of rotatable bonds is 3. The number of aromatic nitrogens is 3. The molecule has 6 heteroatoms. The van der Waals surface area contributed by atoms with E-state index in [1.54, 1.807) is 48.8 Å². The molecule has 0 amide bonds. The first-order valence-electron chi connectivity index (χ1n) is 6.35. The molecule has 3 rings (SSSR count). The largest absolute Gasteiger partial charge is 0.269 e. The Morgan fingerprint density at radius 1 is 1.05 bits per heavy atom. The van der Waals surface area contributed by atoms with Crippen LogP contribution in [-0.4, -0.2) is 22.4 Å². The van der Waals surface area contributed by atoms with E-state index in [1.165, 1.54) is 16.4 Å². The molecule has 21 heavy (non-hydrogen) atoms. The molecule has 2 aromatic heterocycles. The van der Waals surface area contributed by atoms with Gasteiger partial charge in [-0.25, -0.2) is 17.4 Å². The van der Waals surface area contributed by atoms with Gasteiger partial charge in [-0.15, -0.1) is 0 Å². The van der Waals surface area contributed by atoms with E-state index < -0.39 is 10.0 Å². The van der Waals surface area contributed by atoms with Gasteiger partial charge in [0.2, 0.25) is 0 Å². The maximum atomic E-state index is 12.7. The van der Waals surface area contributed by atoms with Crippen LogP contribution in [0.3, 0.4) is 0 Å². The Balaban J connectivity index is 2.13. The number of pyridine rings is 1. The van der Waals surface area contributed by atoms with Gasteiger partial charge in [-0.3, -0.25) is 4.98 Å². The minimum absolute atomic E-state index is 0.233. The van der Waals surface area contributed by atoms with Gasteiger partial charge in [0.15, 0.2) is 5.82 Å². The van der Waals surface area contributed by atoms with Crippen molar-refractivity contribution in [2.45, 2.75) is 11.8 Å². The van der Waals surface area contributed by atoms with Crippen LogP contribution in [0.15, 0.2) is 66.1 Å². The van der Waals surface area contributed by atoms with Gasteiger partial charge in [-0.05, 0) is 31.2 Å². The standard InChI is InChI=1S/C15H13N3O2S/c1-12-4-6-14(7-5-12)21(19,20)18-10-9-17-15(18)13-3-2-8-16-11-13/h2-11H,1H3. The van der Waals surface area contributed by atoms with Crippen LogP contribution in [0.25, 0.3) is 11.4 Å². The zero-order chi connectivity index (χ0) is 14.9. The van der Waals surface area contributed by atoms with Gasteiger partial charge in [0.05, 0.1) is 4.90 Å². The van der Waals surface area contributed by atoms with Gasteiger partial charge in [0, 0.05) is 30.4 Å². The Labute approximate surface area is 123 Å². The van der Waals surface area contributed by atoms with E-state index in [1.807, 2.05) is 6.92 Å². The van der Waals surface area contributed by atoms with Crippen LogP contribution in [0.5, 0.6) is 0 Å². The molecular weight excluding hydrogens is 286 g/mol. The molecule has 0 unspecified atom stereocenters. The van der Waals surface area contributed by atoms with Crippen LogP contribution in [0.2, 0.25) is 0 Å². The quantitative estimate of drug-likeness (QED) is 0.745. The van der Waals surface area contributed by atoms with E-state index >= 15 is 0 Å². The van der Waals surface area contributed by atoms with Crippen molar-refractivity contribution < 1.29 is 8.42 Å². The molecule has 0 N–H and O–H groups in total. The molecule has 0 fully saturated rings. The molecule has 0 radical (unpaired) electrons. The Kier molecular flexibility index (Phi) is 3.31. The molecule has 0 aliphatic carbocycles. The van der Waals surface area contributed by atoms with Crippen LogP contribution in [0.4, 0.5) is 0 Å². The molecule has 0 saturated heterocycles. The van der Waals surface area contributed by atoms with Gasteiger partial charge >= 0.3 is 0 Å². The number of nitrogens with zero attached hydrogens (tertiary/aromatic N) is 3. The second-order valence-electron chi connectivity index (χ2n) is 4.61. The van der Waals surface area contributed by atoms with Crippen molar-refractivity contribution >= 4 is 10.0 Å². The van der Waals surface area contributed by atoms with Gasteiger partial charge in [-0.1, -0.05) is 17.7 Å². The first kappa shape index (κ1) is 13.5. The smallest absolute Gasteiger partial charge is 0.264 e. The van der Waals surface area contributed by atoms with E-state index in [2.05, 4.69) is 9.97 Å². The monoisotopic (exact) mass is 299 g/mol. The summed E-state index contributed by atoms with van der Waals surface area (Å²) in [5.74, 6) is 0.351. The fourth-order valence-corrected chi connectivity index (χ4v) is 3.31. The van der Waals surface area contributed by atoms with Crippen LogP contribution in [0, 0.1) is 6.92 Å². The fourth-order valence-electron chi connectivity index (χ4n) is 2.01. The fraction of sp³-hybridized carbons (Fsp3) is 0.0667. The molecule has 1 aromatic carbocycles. The van der Waals surface area contributed by atoms with Crippen molar-refractivity contribution in [2.75, 3.05) is 0 Å². The van der Waals surface area contributed by atoms with Crippen molar-refractivity contribution in [3.8, 4) is 11.4 Å². The Hall–Kier alpha value is -2.47. The van der Waals surface area contributed by atoms with Gasteiger partial charge in [-0.2, -0.15) is 0 Å². The molecule has 0 bridgehead atoms. The van der Waals surface area contributed by atoms with Crippen LogP contribution >= 0.6 is 0 Å². The number of benzene rings is 1. The molecule has 0 atom stereocenters. The maximum absolute atomic E-state index is 12.7. The molecule has 0 aliphatic heterocycles. The molecule has 2 heterocycles. The molecule has 0 saturated carbocycles. The molecule has 0 spiro atoms. The summed E-state index contributed by atoms with van der Waals surface area (Å²) < 4.78 is 26.6. The second-order valence-corrected chi connectivity index (χ2v) is 6.42. The predicted molar refractivity (Wildman–Crippen MR) is 79.2 cm³/mol. The SMILES string of the molecule is Cc1ccc(S(=O)(=O)n2ccnc2-c2cccnc2)cc1. The van der Waals surface area contributed by atoms with E-state index in [0.29, 0.717) is 11.4 Å². The van der Waals surface area contributed by atoms with Gasteiger partial charge < -0.3 is 0 Å². The van der Waals surface area contributed by atoms with Crippen molar-refractivity contribution in [2.24, 2.45) is 0 Å². The topological polar surface area (TPSA) is 64.8 Å². The van der Waals surface area contributed by atoms with E-state index in [9.17, 15) is 8.42 Å². The molecule has 0 aliphatic rings. The van der Waals surface area contributed by atoms with Gasteiger partial charge in [0.1, 0.15) is 0 Å². The average Bonchev–Trinajstić information content (AvgIpc) is 2.99. The van der Waals surface area contributed by atoms with Crippen molar-refractivity contribution in [1.29, 1.82) is 0 Å². The average molecular weight is 299 g/mol. The van der Waals surface area contributed by atoms with Crippen molar-refractivity contribution in [3.05, 3.63) is 66.7 Å². The number of hydrogen-bond donors (Lipinski definition) is 0. The maximum Gasteiger partial charge on any atom is 0.269 e. The highest BCUT2D eigenvalue weighted by molar-refractivity contribution is 7.90. The van der Waals surface area contributed by atoms with Crippen LogP contribution < -0.4 is 0 Å². The predicted octanol–water partition coefficient (Wildman–Crippen LogP) is 2.49. The zero-order valence-corrected chi connectivity index (χ0v) is 12.2.